The molecule has 0 N–H and O–H groups in total. The molecule has 112 valence electrons. The van der Waals surface area contributed by atoms with E-state index in [1.165, 1.54) is 0 Å². The van der Waals surface area contributed by atoms with Gasteiger partial charge in [-0.3, -0.25) is 9.78 Å². The van der Waals surface area contributed by atoms with Gasteiger partial charge in [0.05, 0.1) is 17.9 Å². The van der Waals surface area contributed by atoms with Gasteiger partial charge in [-0.25, -0.2) is 0 Å². The predicted octanol–water partition coefficient (Wildman–Crippen LogP) is 3.14. The number of rotatable bonds is 3. The molecule has 4 nitrogen and oxygen atoms in total. The van der Waals surface area contributed by atoms with Crippen LogP contribution in [0.1, 0.15) is 16.7 Å². The Kier molecular flexibility index (Phi) is 4.03. The molecule has 0 bridgehead atoms. The second-order valence-electron chi connectivity index (χ2n) is 5.28. The lowest BCUT2D eigenvalue weighted by Crippen LogP contribution is -2.25. The third-order valence-electron chi connectivity index (χ3n) is 3.81. The largest absolute Gasteiger partial charge is 0.301 e. The van der Waals surface area contributed by atoms with Crippen molar-refractivity contribution in [1.82, 2.24) is 9.55 Å². The van der Waals surface area contributed by atoms with Crippen LogP contribution >= 0.6 is 0 Å². The molecule has 3 rings (SSSR count). The van der Waals surface area contributed by atoms with Gasteiger partial charge in [0.1, 0.15) is 11.6 Å². The van der Waals surface area contributed by atoms with E-state index in [9.17, 15) is 4.79 Å². The van der Waals surface area contributed by atoms with Crippen LogP contribution in [-0.4, -0.2) is 9.55 Å². The molecule has 0 amide bonds. The van der Waals surface area contributed by atoms with Crippen molar-refractivity contribution in [3.63, 3.8) is 0 Å². The van der Waals surface area contributed by atoms with E-state index in [4.69, 9.17) is 5.26 Å². The zero-order valence-electron chi connectivity index (χ0n) is 12.7. The lowest BCUT2D eigenvalue weighted by molar-refractivity contribution is 0.759. The third-order valence-corrected chi connectivity index (χ3v) is 3.81. The van der Waals surface area contributed by atoms with Crippen LogP contribution in [0.2, 0.25) is 0 Å². The lowest BCUT2D eigenvalue weighted by atomic mass is 10.1. The Balaban J connectivity index is 2.19. The van der Waals surface area contributed by atoms with Crippen molar-refractivity contribution in [1.29, 1.82) is 5.26 Å². The summed E-state index contributed by atoms with van der Waals surface area (Å²) in [5.74, 6) is 0. The Bertz CT molecular complexity index is 937. The number of nitrogens with zero attached hydrogens (tertiary/aromatic N) is 3. The number of benzene rings is 1. The van der Waals surface area contributed by atoms with Crippen molar-refractivity contribution >= 4 is 0 Å². The van der Waals surface area contributed by atoms with Crippen LogP contribution in [0.25, 0.3) is 11.4 Å². The highest BCUT2D eigenvalue weighted by Gasteiger charge is 2.12. The predicted molar refractivity (Wildman–Crippen MR) is 88.9 cm³/mol. The Labute approximate surface area is 134 Å². The smallest absolute Gasteiger partial charge is 0.269 e. The molecule has 0 aliphatic heterocycles. The fraction of sp³-hybridized carbons (Fsp3) is 0.105. The molecule has 0 aliphatic carbocycles. The molecule has 0 spiro atoms. The molecule has 23 heavy (non-hydrogen) atoms. The monoisotopic (exact) mass is 301 g/mol. The number of pyridine rings is 2. The van der Waals surface area contributed by atoms with Gasteiger partial charge >= 0.3 is 0 Å². The molecule has 2 heterocycles. The van der Waals surface area contributed by atoms with E-state index in [-0.39, 0.29) is 11.1 Å². The average molecular weight is 301 g/mol. The molecule has 0 saturated carbocycles. The van der Waals surface area contributed by atoms with Gasteiger partial charge in [-0.05, 0) is 42.3 Å². The molecule has 0 fully saturated rings. The van der Waals surface area contributed by atoms with E-state index in [1.54, 1.807) is 22.9 Å². The van der Waals surface area contributed by atoms with Crippen LogP contribution in [0.15, 0.2) is 65.6 Å². The molecule has 0 unspecified atom stereocenters. The number of hydrogen-bond donors (Lipinski definition) is 0. The first-order valence-corrected chi connectivity index (χ1v) is 7.30. The standard InChI is InChI=1S/C19H15N3O/c1-14-6-2-3-7-16(14)13-22-18(17-8-4-5-11-21-17)10-9-15(12-20)19(22)23/h2-11H,13H2,1H3. The number of nitriles is 1. The molecular formula is C19H15N3O. The zero-order chi connectivity index (χ0) is 16.2. The summed E-state index contributed by atoms with van der Waals surface area (Å²) < 4.78 is 1.61. The Morgan fingerprint density at radius 3 is 2.57 bits per heavy atom. The molecule has 0 saturated heterocycles. The van der Waals surface area contributed by atoms with Crippen molar-refractivity contribution in [2.75, 3.05) is 0 Å². The highest BCUT2D eigenvalue weighted by molar-refractivity contribution is 5.55. The molecule has 1 aromatic carbocycles. The molecule has 0 radical (unpaired) electrons. The minimum absolute atomic E-state index is 0.137. The summed E-state index contributed by atoms with van der Waals surface area (Å²) in [6, 6.07) is 18.8. The Morgan fingerprint density at radius 2 is 1.87 bits per heavy atom. The third kappa shape index (κ3) is 2.90. The quantitative estimate of drug-likeness (QED) is 0.746. The maximum Gasteiger partial charge on any atom is 0.269 e. The van der Waals surface area contributed by atoms with E-state index in [0.29, 0.717) is 17.9 Å². The first-order chi connectivity index (χ1) is 11.2. The van der Waals surface area contributed by atoms with E-state index in [0.717, 1.165) is 11.1 Å². The topological polar surface area (TPSA) is 58.7 Å². The minimum atomic E-state index is -0.293. The number of hydrogen-bond acceptors (Lipinski definition) is 3. The molecule has 0 atom stereocenters. The second kappa shape index (κ2) is 6.29. The molecular weight excluding hydrogens is 286 g/mol. The minimum Gasteiger partial charge on any atom is -0.301 e. The zero-order valence-corrected chi connectivity index (χ0v) is 12.7. The highest BCUT2D eigenvalue weighted by atomic mass is 16.1. The number of aromatic nitrogens is 2. The van der Waals surface area contributed by atoms with Crippen LogP contribution in [0.5, 0.6) is 0 Å². The van der Waals surface area contributed by atoms with Crippen LogP contribution in [-0.2, 0) is 6.54 Å². The fourth-order valence-corrected chi connectivity index (χ4v) is 2.52. The van der Waals surface area contributed by atoms with Gasteiger partial charge in [-0.15, -0.1) is 0 Å². The first kappa shape index (κ1) is 14.7. The van der Waals surface area contributed by atoms with Crippen molar-refractivity contribution in [2.45, 2.75) is 13.5 Å². The van der Waals surface area contributed by atoms with Crippen molar-refractivity contribution in [3.8, 4) is 17.5 Å². The van der Waals surface area contributed by atoms with Crippen molar-refractivity contribution in [2.24, 2.45) is 0 Å². The summed E-state index contributed by atoms with van der Waals surface area (Å²) in [7, 11) is 0. The van der Waals surface area contributed by atoms with E-state index >= 15 is 0 Å². The summed E-state index contributed by atoms with van der Waals surface area (Å²) in [4.78, 5) is 17.0. The van der Waals surface area contributed by atoms with Gasteiger partial charge in [-0.2, -0.15) is 5.26 Å². The van der Waals surface area contributed by atoms with E-state index < -0.39 is 0 Å². The summed E-state index contributed by atoms with van der Waals surface area (Å²) in [5.41, 5.74) is 3.41. The molecule has 2 aromatic heterocycles. The van der Waals surface area contributed by atoms with Gasteiger partial charge in [-0.1, -0.05) is 30.3 Å². The summed E-state index contributed by atoms with van der Waals surface area (Å²) in [6.07, 6.45) is 1.69. The van der Waals surface area contributed by atoms with Gasteiger partial charge < -0.3 is 4.57 Å². The average Bonchev–Trinajstić information content (AvgIpc) is 2.59. The number of aryl methyl sites for hydroxylation is 1. The maximum absolute atomic E-state index is 12.6. The van der Waals surface area contributed by atoms with E-state index in [1.807, 2.05) is 55.5 Å². The van der Waals surface area contributed by atoms with Gasteiger partial charge in [0, 0.05) is 6.20 Å². The SMILES string of the molecule is Cc1ccccc1Cn1c(-c2ccccn2)ccc(C#N)c1=O. The van der Waals surface area contributed by atoms with Crippen molar-refractivity contribution in [3.05, 3.63) is 87.8 Å². The van der Waals surface area contributed by atoms with Gasteiger partial charge in [0.15, 0.2) is 0 Å². The molecule has 3 aromatic rings. The molecule has 0 aliphatic rings. The summed E-state index contributed by atoms with van der Waals surface area (Å²) >= 11 is 0. The fourth-order valence-electron chi connectivity index (χ4n) is 2.52. The van der Waals surface area contributed by atoms with E-state index in [2.05, 4.69) is 4.98 Å². The maximum atomic E-state index is 12.6. The van der Waals surface area contributed by atoms with Crippen LogP contribution < -0.4 is 5.56 Å². The normalized spacial score (nSPS) is 10.3. The lowest BCUT2D eigenvalue weighted by Gasteiger charge is -2.14. The van der Waals surface area contributed by atoms with Crippen LogP contribution in [0, 0.1) is 18.3 Å². The van der Waals surface area contributed by atoms with Crippen molar-refractivity contribution < 1.29 is 0 Å². The summed E-state index contributed by atoms with van der Waals surface area (Å²) in [6.45, 7) is 2.42. The Morgan fingerprint density at radius 1 is 1.09 bits per heavy atom. The summed E-state index contributed by atoms with van der Waals surface area (Å²) in [5, 5.41) is 9.15. The van der Waals surface area contributed by atoms with Crippen LogP contribution in [0.3, 0.4) is 0 Å². The van der Waals surface area contributed by atoms with Gasteiger partial charge in [0.2, 0.25) is 0 Å². The highest BCUT2D eigenvalue weighted by Crippen LogP contribution is 2.18. The Hall–Kier alpha value is -3.19. The first-order valence-electron chi connectivity index (χ1n) is 7.30. The van der Waals surface area contributed by atoms with Crippen LogP contribution in [0.4, 0.5) is 0 Å². The molecule has 4 heteroatoms. The second-order valence-corrected chi connectivity index (χ2v) is 5.28. The van der Waals surface area contributed by atoms with Gasteiger partial charge in [0.25, 0.3) is 5.56 Å².